The molecule has 0 spiro atoms. The summed E-state index contributed by atoms with van der Waals surface area (Å²) in [5, 5.41) is 16.8. The first-order valence-electron chi connectivity index (χ1n) is 5.19. The minimum absolute atomic E-state index is 0.0872. The van der Waals surface area contributed by atoms with Crippen LogP contribution in [0.25, 0.3) is 0 Å². The Morgan fingerprint density at radius 1 is 1.38 bits per heavy atom. The summed E-state index contributed by atoms with van der Waals surface area (Å²) in [7, 11) is 0. The highest BCUT2D eigenvalue weighted by molar-refractivity contribution is 5.31. The van der Waals surface area contributed by atoms with Crippen LogP contribution in [0.1, 0.15) is 12.8 Å². The van der Waals surface area contributed by atoms with Crippen LogP contribution in [0.3, 0.4) is 0 Å². The highest BCUT2D eigenvalue weighted by Gasteiger charge is 2.14. The number of nitro groups is 1. The molecule has 0 radical (unpaired) electrons. The predicted molar refractivity (Wildman–Crippen MR) is 58.2 cm³/mol. The smallest absolute Gasteiger partial charge is 0.305 e. The van der Waals surface area contributed by atoms with Crippen molar-refractivity contribution in [2.75, 3.05) is 18.4 Å². The molecule has 1 saturated heterocycles. The van der Waals surface area contributed by atoms with Crippen LogP contribution in [0.2, 0.25) is 0 Å². The molecule has 0 amide bonds. The summed E-state index contributed by atoms with van der Waals surface area (Å²) < 4.78 is 0. The van der Waals surface area contributed by atoms with E-state index in [1.165, 1.54) is 12.4 Å². The minimum Gasteiger partial charge on any atom is -0.351 e. The van der Waals surface area contributed by atoms with Gasteiger partial charge in [0.15, 0.2) is 0 Å². The maximum absolute atomic E-state index is 10.4. The van der Waals surface area contributed by atoms with E-state index in [2.05, 4.69) is 20.6 Å². The van der Waals surface area contributed by atoms with Gasteiger partial charge in [-0.2, -0.15) is 0 Å². The maximum Gasteiger partial charge on any atom is 0.305 e. The van der Waals surface area contributed by atoms with Crippen LogP contribution in [-0.2, 0) is 0 Å². The lowest BCUT2D eigenvalue weighted by atomic mass is 10.1. The van der Waals surface area contributed by atoms with Crippen molar-refractivity contribution in [3.05, 3.63) is 22.5 Å². The molecule has 0 aliphatic carbocycles. The second-order valence-electron chi connectivity index (χ2n) is 3.69. The largest absolute Gasteiger partial charge is 0.351 e. The number of rotatable bonds is 3. The van der Waals surface area contributed by atoms with Crippen molar-refractivity contribution < 1.29 is 4.92 Å². The summed E-state index contributed by atoms with van der Waals surface area (Å²) in [4.78, 5) is 17.7. The first-order valence-corrected chi connectivity index (χ1v) is 5.19. The lowest BCUT2D eigenvalue weighted by Gasteiger charge is -2.23. The molecule has 1 aliphatic heterocycles. The van der Waals surface area contributed by atoms with Crippen molar-refractivity contribution in [1.82, 2.24) is 15.3 Å². The van der Waals surface area contributed by atoms with Gasteiger partial charge in [-0.05, 0) is 25.9 Å². The fraction of sp³-hybridized carbons (Fsp3) is 0.556. The second-order valence-corrected chi connectivity index (χ2v) is 3.69. The minimum atomic E-state index is -0.506. The summed E-state index contributed by atoms with van der Waals surface area (Å²) in [5.74, 6) is 0.456. The van der Waals surface area contributed by atoms with Gasteiger partial charge in [0.1, 0.15) is 12.4 Å². The van der Waals surface area contributed by atoms with E-state index in [9.17, 15) is 10.1 Å². The van der Waals surface area contributed by atoms with Gasteiger partial charge in [0.25, 0.3) is 0 Å². The number of piperidine rings is 1. The second kappa shape index (κ2) is 4.84. The molecule has 0 saturated carbocycles. The molecule has 7 heteroatoms. The zero-order chi connectivity index (χ0) is 11.4. The van der Waals surface area contributed by atoms with Crippen LogP contribution in [-0.4, -0.2) is 34.0 Å². The first kappa shape index (κ1) is 10.7. The van der Waals surface area contributed by atoms with Gasteiger partial charge in [-0.25, -0.2) is 9.97 Å². The monoisotopic (exact) mass is 223 g/mol. The van der Waals surface area contributed by atoms with E-state index < -0.39 is 4.92 Å². The van der Waals surface area contributed by atoms with Crippen LogP contribution < -0.4 is 10.6 Å². The van der Waals surface area contributed by atoms with Crippen LogP contribution in [0.5, 0.6) is 0 Å². The number of anilines is 1. The van der Waals surface area contributed by atoms with Crippen molar-refractivity contribution in [1.29, 1.82) is 0 Å². The zero-order valence-electron chi connectivity index (χ0n) is 8.72. The lowest BCUT2D eigenvalue weighted by Crippen LogP contribution is -2.35. The molecule has 1 fully saturated rings. The summed E-state index contributed by atoms with van der Waals surface area (Å²) in [5.41, 5.74) is -0.0872. The Bertz CT molecular complexity index is 361. The lowest BCUT2D eigenvalue weighted by molar-refractivity contribution is -0.385. The molecule has 0 aromatic carbocycles. The molecule has 2 rings (SSSR count). The van der Waals surface area contributed by atoms with Gasteiger partial charge in [0.2, 0.25) is 5.95 Å². The Morgan fingerprint density at radius 3 is 2.56 bits per heavy atom. The third-order valence-corrected chi connectivity index (χ3v) is 2.52. The number of hydrogen-bond acceptors (Lipinski definition) is 6. The quantitative estimate of drug-likeness (QED) is 0.574. The predicted octanol–water partition coefficient (Wildman–Crippen LogP) is 0.549. The molecule has 0 bridgehead atoms. The van der Waals surface area contributed by atoms with Crippen molar-refractivity contribution in [2.24, 2.45) is 0 Å². The average molecular weight is 223 g/mol. The molecular formula is C9H13N5O2. The standard InChI is InChI=1S/C9H13N5O2/c15-14(16)8-5-11-9(12-6-8)13-7-1-3-10-4-2-7/h5-7,10H,1-4H2,(H,11,12,13). The highest BCUT2D eigenvalue weighted by Crippen LogP contribution is 2.11. The van der Waals surface area contributed by atoms with Crippen LogP contribution in [0.15, 0.2) is 12.4 Å². The Kier molecular flexibility index (Phi) is 3.25. The summed E-state index contributed by atoms with van der Waals surface area (Å²) in [6.45, 7) is 1.95. The fourth-order valence-electron chi connectivity index (χ4n) is 1.64. The molecule has 1 aromatic heterocycles. The van der Waals surface area contributed by atoms with Crippen LogP contribution in [0, 0.1) is 10.1 Å². The first-order chi connectivity index (χ1) is 7.75. The van der Waals surface area contributed by atoms with Crippen molar-refractivity contribution >= 4 is 11.6 Å². The van der Waals surface area contributed by atoms with Crippen molar-refractivity contribution in [3.8, 4) is 0 Å². The number of hydrogen-bond donors (Lipinski definition) is 2. The van der Waals surface area contributed by atoms with Gasteiger partial charge in [-0.15, -0.1) is 0 Å². The highest BCUT2D eigenvalue weighted by atomic mass is 16.6. The van der Waals surface area contributed by atoms with E-state index in [-0.39, 0.29) is 5.69 Å². The van der Waals surface area contributed by atoms with E-state index >= 15 is 0 Å². The van der Waals surface area contributed by atoms with Gasteiger partial charge >= 0.3 is 5.69 Å². The topological polar surface area (TPSA) is 93.0 Å². The molecular weight excluding hydrogens is 210 g/mol. The third kappa shape index (κ3) is 2.63. The summed E-state index contributed by atoms with van der Waals surface area (Å²) >= 11 is 0. The molecule has 16 heavy (non-hydrogen) atoms. The molecule has 7 nitrogen and oxygen atoms in total. The number of nitrogens with one attached hydrogen (secondary N) is 2. The van der Waals surface area contributed by atoms with Gasteiger partial charge < -0.3 is 10.6 Å². The van der Waals surface area contributed by atoms with Crippen LogP contribution in [0.4, 0.5) is 11.6 Å². The normalized spacial score (nSPS) is 17.0. The Labute approximate surface area is 92.4 Å². The van der Waals surface area contributed by atoms with Gasteiger partial charge in [-0.1, -0.05) is 0 Å². The Morgan fingerprint density at radius 2 is 2.00 bits per heavy atom. The molecule has 2 N–H and O–H groups in total. The maximum atomic E-state index is 10.4. The Balaban J connectivity index is 1.96. The number of nitrogens with zero attached hydrogens (tertiary/aromatic N) is 3. The third-order valence-electron chi connectivity index (χ3n) is 2.52. The molecule has 0 unspecified atom stereocenters. The Hall–Kier alpha value is -1.76. The van der Waals surface area contributed by atoms with E-state index in [1.807, 2.05) is 0 Å². The van der Waals surface area contributed by atoms with E-state index in [0.717, 1.165) is 25.9 Å². The molecule has 86 valence electrons. The van der Waals surface area contributed by atoms with Crippen LogP contribution >= 0.6 is 0 Å². The van der Waals surface area contributed by atoms with Crippen molar-refractivity contribution in [3.63, 3.8) is 0 Å². The molecule has 2 heterocycles. The fourth-order valence-corrected chi connectivity index (χ4v) is 1.64. The zero-order valence-corrected chi connectivity index (χ0v) is 8.72. The summed E-state index contributed by atoms with van der Waals surface area (Å²) in [6, 6.07) is 0.350. The average Bonchev–Trinajstić information content (AvgIpc) is 2.31. The van der Waals surface area contributed by atoms with E-state index in [0.29, 0.717) is 12.0 Å². The van der Waals surface area contributed by atoms with Crippen molar-refractivity contribution in [2.45, 2.75) is 18.9 Å². The van der Waals surface area contributed by atoms with Gasteiger partial charge in [0, 0.05) is 6.04 Å². The molecule has 1 aromatic rings. The van der Waals surface area contributed by atoms with Gasteiger partial charge in [-0.3, -0.25) is 10.1 Å². The molecule has 1 aliphatic rings. The van der Waals surface area contributed by atoms with E-state index in [4.69, 9.17) is 0 Å². The molecule has 0 atom stereocenters. The SMILES string of the molecule is O=[N+]([O-])c1cnc(NC2CCNCC2)nc1. The van der Waals surface area contributed by atoms with E-state index in [1.54, 1.807) is 0 Å². The summed E-state index contributed by atoms with van der Waals surface area (Å²) in [6.07, 6.45) is 4.47. The van der Waals surface area contributed by atoms with Gasteiger partial charge in [0.05, 0.1) is 4.92 Å². The number of aromatic nitrogens is 2.